The fourth-order valence-electron chi connectivity index (χ4n) is 6.25. The first-order valence-corrected chi connectivity index (χ1v) is 13.5. The van der Waals surface area contributed by atoms with Gasteiger partial charge in [-0.3, -0.25) is 4.57 Å². The van der Waals surface area contributed by atoms with Gasteiger partial charge in [-0.2, -0.15) is 0 Å². The van der Waals surface area contributed by atoms with Crippen LogP contribution in [0.3, 0.4) is 0 Å². The zero-order valence-electron chi connectivity index (χ0n) is 21.9. The Hall–Kier alpha value is -5.41. The molecule has 0 saturated carbocycles. The van der Waals surface area contributed by atoms with Gasteiger partial charge in [-0.05, 0) is 64.0 Å². The predicted molar refractivity (Wildman–Crippen MR) is 169 cm³/mol. The van der Waals surface area contributed by atoms with Crippen LogP contribution in [0, 0.1) is 0 Å². The van der Waals surface area contributed by atoms with E-state index in [-0.39, 0.29) is 0 Å². The Kier molecular flexibility index (Phi) is 4.82. The molecule has 188 valence electrons. The summed E-state index contributed by atoms with van der Waals surface area (Å²) in [5.41, 5.74) is 7.96. The van der Waals surface area contributed by atoms with Crippen LogP contribution in [0.5, 0.6) is 0 Å². The van der Waals surface area contributed by atoms with Crippen molar-refractivity contribution in [2.75, 3.05) is 0 Å². The van der Waals surface area contributed by atoms with E-state index in [1.54, 1.807) is 0 Å². The van der Waals surface area contributed by atoms with Crippen LogP contribution in [0.15, 0.2) is 128 Å². The van der Waals surface area contributed by atoms with Crippen LogP contribution in [-0.4, -0.2) is 14.0 Å². The van der Waals surface area contributed by atoms with Crippen LogP contribution in [0.2, 0.25) is 0 Å². The number of benzene rings is 4. The van der Waals surface area contributed by atoms with Crippen LogP contribution in [-0.2, 0) is 0 Å². The average Bonchev–Trinajstić information content (AvgIpc) is 3.55. The third-order valence-electron chi connectivity index (χ3n) is 8.03. The van der Waals surface area contributed by atoms with E-state index in [0.29, 0.717) is 0 Å². The van der Waals surface area contributed by atoms with Gasteiger partial charge < -0.3 is 4.40 Å². The van der Waals surface area contributed by atoms with Gasteiger partial charge in [-0.15, -0.1) is 0 Å². The van der Waals surface area contributed by atoms with Crippen molar-refractivity contribution < 1.29 is 0 Å². The molecular weight excluding hydrogens is 486 g/mol. The molecule has 40 heavy (non-hydrogen) atoms. The largest absolute Gasteiger partial charge is 0.309 e. The minimum absolute atomic E-state index is 0.896. The average molecular weight is 512 g/mol. The lowest BCUT2D eigenvalue weighted by molar-refractivity contribution is 1.08. The van der Waals surface area contributed by atoms with E-state index < -0.39 is 0 Å². The quantitative estimate of drug-likeness (QED) is 0.237. The lowest BCUT2D eigenvalue weighted by Gasteiger charge is -2.11. The molecule has 0 aliphatic carbocycles. The normalized spacial score (nSPS) is 12.3. The molecule has 0 atom stereocenters. The summed E-state index contributed by atoms with van der Waals surface area (Å²) in [7, 11) is 0. The molecule has 4 aromatic heterocycles. The number of fused-ring (bicyclic) bond motifs is 8. The van der Waals surface area contributed by atoms with Gasteiger partial charge in [0.15, 0.2) is 0 Å². The number of pyridine rings is 2. The fourth-order valence-corrected chi connectivity index (χ4v) is 6.25. The Bertz CT molecular complexity index is 2410. The van der Waals surface area contributed by atoms with Crippen molar-refractivity contribution in [3.8, 4) is 16.9 Å². The predicted octanol–water partition coefficient (Wildman–Crippen LogP) is 7.78. The van der Waals surface area contributed by atoms with E-state index in [1.807, 2.05) is 18.3 Å². The molecule has 0 spiro atoms. The number of hydrogen-bond donors (Lipinski definition) is 0. The SMILES string of the molecule is C=C/C=c1\c(=C)c2cc3ccccc3n2c2cc3c(cc12)c1ccccc1n3-c1cc(-c2ccccc2)ccn1. The van der Waals surface area contributed by atoms with E-state index >= 15 is 0 Å². The molecule has 0 bridgehead atoms. The molecule has 0 saturated heterocycles. The van der Waals surface area contributed by atoms with E-state index in [0.717, 1.165) is 49.3 Å². The van der Waals surface area contributed by atoms with E-state index in [1.165, 1.54) is 27.2 Å². The highest BCUT2D eigenvalue weighted by Crippen LogP contribution is 2.35. The minimum Gasteiger partial charge on any atom is -0.309 e. The van der Waals surface area contributed by atoms with Gasteiger partial charge in [0.1, 0.15) is 5.82 Å². The third-order valence-corrected chi connectivity index (χ3v) is 8.03. The smallest absolute Gasteiger partial charge is 0.138 e. The number of para-hydroxylation sites is 2. The first kappa shape index (κ1) is 22.6. The number of nitrogens with zero attached hydrogens (tertiary/aromatic N) is 3. The van der Waals surface area contributed by atoms with Crippen molar-refractivity contribution in [3.63, 3.8) is 0 Å². The Morgan fingerprint density at radius 1 is 0.600 bits per heavy atom. The van der Waals surface area contributed by atoms with Crippen molar-refractivity contribution in [1.29, 1.82) is 0 Å². The number of rotatable bonds is 3. The summed E-state index contributed by atoms with van der Waals surface area (Å²) < 4.78 is 4.64. The van der Waals surface area contributed by atoms with E-state index in [4.69, 9.17) is 4.98 Å². The second-order valence-electron chi connectivity index (χ2n) is 10.2. The highest BCUT2D eigenvalue weighted by atomic mass is 15.1. The van der Waals surface area contributed by atoms with Crippen LogP contribution in [0.1, 0.15) is 0 Å². The molecule has 0 aliphatic rings. The summed E-state index contributed by atoms with van der Waals surface area (Å²) in [6.07, 6.45) is 5.84. The summed E-state index contributed by atoms with van der Waals surface area (Å²) in [5.74, 6) is 0.896. The van der Waals surface area contributed by atoms with Crippen molar-refractivity contribution >= 4 is 61.8 Å². The molecule has 0 aliphatic heterocycles. The number of allylic oxidation sites excluding steroid dienone is 1. The Morgan fingerprint density at radius 3 is 2.23 bits per heavy atom. The number of aromatic nitrogens is 3. The Morgan fingerprint density at radius 2 is 1.38 bits per heavy atom. The molecule has 4 heterocycles. The highest BCUT2D eigenvalue weighted by Gasteiger charge is 2.17. The highest BCUT2D eigenvalue weighted by molar-refractivity contribution is 6.14. The van der Waals surface area contributed by atoms with Gasteiger partial charge in [0.05, 0.1) is 27.6 Å². The third kappa shape index (κ3) is 3.15. The van der Waals surface area contributed by atoms with Gasteiger partial charge in [0, 0.05) is 27.7 Å². The molecule has 4 aromatic carbocycles. The maximum Gasteiger partial charge on any atom is 0.138 e. The molecule has 0 radical (unpaired) electrons. The molecule has 8 aromatic rings. The van der Waals surface area contributed by atoms with Crippen molar-refractivity contribution in [2.45, 2.75) is 0 Å². The van der Waals surface area contributed by atoms with E-state index in [9.17, 15) is 0 Å². The van der Waals surface area contributed by atoms with Crippen LogP contribution in [0.25, 0.3) is 78.7 Å². The molecular formula is C37H25N3. The minimum atomic E-state index is 0.896. The van der Waals surface area contributed by atoms with Crippen LogP contribution >= 0.6 is 0 Å². The summed E-state index contributed by atoms with van der Waals surface area (Å²) in [5, 5.41) is 6.83. The van der Waals surface area contributed by atoms with Crippen molar-refractivity contribution in [3.05, 3.63) is 138 Å². The zero-order valence-corrected chi connectivity index (χ0v) is 21.9. The first-order chi connectivity index (χ1) is 19.7. The number of hydrogen-bond acceptors (Lipinski definition) is 1. The molecule has 0 N–H and O–H groups in total. The molecule has 8 rings (SSSR count). The Labute approximate surface area is 230 Å². The molecule has 0 fully saturated rings. The second kappa shape index (κ2) is 8.55. The molecule has 3 nitrogen and oxygen atoms in total. The summed E-state index contributed by atoms with van der Waals surface area (Å²) in [6, 6.07) is 38.7. The lowest BCUT2D eigenvalue weighted by atomic mass is 10.1. The van der Waals surface area contributed by atoms with E-state index in [2.05, 4.69) is 131 Å². The van der Waals surface area contributed by atoms with Gasteiger partial charge in [-0.25, -0.2) is 4.98 Å². The maximum atomic E-state index is 4.88. The van der Waals surface area contributed by atoms with Crippen molar-refractivity contribution in [1.82, 2.24) is 14.0 Å². The molecule has 3 heteroatoms. The lowest BCUT2D eigenvalue weighted by Crippen LogP contribution is -2.26. The fraction of sp³-hybridized carbons (Fsp3) is 0. The zero-order chi connectivity index (χ0) is 26.8. The van der Waals surface area contributed by atoms with Crippen molar-refractivity contribution in [2.24, 2.45) is 0 Å². The second-order valence-corrected chi connectivity index (χ2v) is 10.2. The monoisotopic (exact) mass is 511 g/mol. The van der Waals surface area contributed by atoms with Gasteiger partial charge in [0.25, 0.3) is 0 Å². The first-order valence-electron chi connectivity index (χ1n) is 13.5. The van der Waals surface area contributed by atoms with Crippen LogP contribution < -0.4 is 10.4 Å². The summed E-state index contributed by atoms with van der Waals surface area (Å²) in [6.45, 7) is 8.54. The Balaban J connectivity index is 1.57. The van der Waals surface area contributed by atoms with Gasteiger partial charge in [-0.1, -0.05) is 92.0 Å². The maximum absolute atomic E-state index is 4.88. The summed E-state index contributed by atoms with van der Waals surface area (Å²) in [4.78, 5) is 4.88. The summed E-state index contributed by atoms with van der Waals surface area (Å²) >= 11 is 0. The van der Waals surface area contributed by atoms with Gasteiger partial charge in [0.2, 0.25) is 0 Å². The standard InChI is InChI=1S/C37H25N3/c1-3-11-28-24(2)34-20-27-14-7-9-16-32(27)39(34)35-23-36-31(22-30(28)35)29-15-8-10-17-33(29)40(36)37-21-26(18-19-38-37)25-12-5-4-6-13-25/h3-23H,1-2H2/b28-11+. The molecule has 0 amide bonds. The topological polar surface area (TPSA) is 22.2 Å². The van der Waals surface area contributed by atoms with Crippen LogP contribution in [0.4, 0.5) is 0 Å². The molecule has 0 unspecified atom stereocenters. The van der Waals surface area contributed by atoms with Gasteiger partial charge >= 0.3 is 0 Å².